The first-order valence-electron chi connectivity index (χ1n) is 6.28. The van der Waals surface area contributed by atoms with Gasteiger partial charge in [0.15, 0.2) is 0 Å². The van der Waals surface area contributed by atoms with Crippen LogP contribution in [0.3, 0.4) is 0 Å². The molecule has 0 aromatic rings. The predicted octanol–water partition coefficient (Wildman–Crippen LogP) is 0.975. The molecule has 0 radical (unpaired) electrons. The second-order valence-electron chi connectivity index (χ2n) is 5.14. The van der Waals surface area contributed by atoms with Crippen LogP contribution >= 0.6 is 0 Å². The minimum Gasteiger partial charge on any atom is -0.466 e. The quantitative estimate of drug-likeness (QED) is 0.502. The Kier molecular flexibility index (Phi) is 8.18. The summed E-state index contributed by atoms with van der Waals surface area (Å²) in [5.41, 5.74) is 5.59. The van der Waals surface area contributed by atoms with Gasteiger partial charge < -0.3 is 10.5 Å². The highest BCUT2D eigenvalue weighted by Crippen LogP contribution is 2.14. The molecule has 108 valence electrons. The maximum atomic E-state index is 11.5. The summed E-state index contributed by atoms with van der Waals surface area (Å²) in [6, 6.07) is 0. The first kappa shape index (κ1) is 17.4. The predicted molar refractivity (Wildman–Crippen MR) is 71.9 cm³/mol. The van der Waals surface area contributed by atoms with Crippen LogP contribution < -0.4 is 5.73 Å². The molecule has 5 nitrogen and oxygen atoms in total. The Bertz CT molecular complexity index is 338. The van der Waals surface area contributed by atoms with Crippen molar-refractivity contribution in [3.8, 4) is 0 Å². The first-order valence-corrected chi connectivity index (χ1v) is 8.34. The van der Waals surface area contributed by atoms with Crippen LogP contribution in [0.1, 0.15) is 33.1 Å². The lowest BCUT2D eigenvalue weighted by molar-refractivity contribution is -0.144. The zero-order chi connectivity index (χ0) is 14.2. The zero-order valence-corrected chi connectivity index (χ0v) is 12.3. The number of hydrogen-bond acceptors (Lipinski definition) is 5. The van der Waals surface area contributed by atoms with Gasteiger partial charge in [-0.25, -0.2) is 8.42 Å². The van der Waals surface area contributed by atoms with Gasteiger partial charge >= 0.3 is 5.97 Å². The Hall–Kier alpha value is -0.620. The molecule has 0 aromatic carbocycles. The van der Waals surface area contributed by atoms with Crippen LogP contribution in [0.15, 0.2) is 0 Å². The van der Waals surface area contributed by atoms with E-state index in [9.17, 15) is 13.2 Å². The molecule has 0 aromatic heterocycles. The lowest BCUT2D eigenvalue weighted by atomic mass is 9.94. The molecule has 0 rings (SSSR count). The summed E-state index contributed by atoms with van der Waals surface area (Å²) in [6.07, 6.45) is 2.73. The highest BCUT2D eigenvalue weighted by molar-refractivity contribution is 7.90. The van der Waals surface area contributed by atoms with Crippen molar-refractivity contribution in [1.82, 2.24) is 0 Å². The average molecular weight is 279 g/mol. The van der Waals surface area contributed by atoms with E-state index in [0.29, 0.717) is 25.3 Å². The molecule has 0 unspecified atom stereocenters. The Morgan fingerprint density at radius 3 is 2.39 bits per heavy atom. The topological polar surface area (TPSA) is 86.5 Å². The number of hydrogen-bond donors (Lipinski definition) is 1. The van der Waals surface area contributed by atoms with E-state index in [2.05, 4.69) is 13.8 Å². The molecule has 0 aliphatic heterocycles. The van der Waals surface area contributed by atoms with Gasteiger partial charge in [0.2, 0.25) is 0 Å². The molecular formula is C12H25NO4S. The van der Waals surface area contributed by atoms with Crippen molar-refractivity contribution >= 4 is 15.8 Å². The van der Waals surface area contributed by atoms with E-state index in [1.165, 1.54) is 6.26 Å². The average Bonchev–Trinajstić information content (AvgIpc) is 2.21. The summed E-state index contributed by atoms with van der Waals surface area (Å²) in [5, 5.41) is 0. The first-order chi connectivity index (χ1) is 8.24. The summed E-state index contributed by atoms with van der Waals surface area (Å²) < 4.78 is 26.7. The molecule has 0 heterocycles. The molecule has 2 N–H and O–H groups in total. The second-order valence-corrected chi connectivity index (χ2v) is 7.40. The van der Waals surface area contributed by atoms with Gasteiger partial charge in [0.25, 0.3) is 0 Å². The minimum atomic E-state index is -2.98. The number of nitrogens with two attached hydrogens (primary N) is 1. The van der Waals surface area contributed by atoms with Gasteiger partial charge in [-0.1, -0.05) is 13.8 Å². The number of esters is 1. The van der Waals surface area contributed by atoms with Gasteiger partial charge in [0.1, 0.15) is 9.84 Å². The molecule has 0 saturated carbocycles. The third-order valence-electron chi connectivity index (χ3n) is 2.52. The second kappa shape index (κ2) is 8.48. The van der Waals surface area contributed by atoms with Gasteiger partial charge in [-0.2, -0.15) is 0 Å². The van der Waals surface area contributed by atoms with Crippen molar-refractivity contribution in [2.24, 2.45) is 17.6 Å². The fourth-order valence-corrected chi connectivity index (χ4v) is 2.37. The molecule has 0 amide bonds. The van der Waals surface area contributed by atoms with E-state index in [0.717, 1.165) is 6.42 Å². The Balaban J connectivity index is 3.82. The number of ether oxygens (including phenoxy) is 1. The molecule has 6 heteroatoms. The molecule has 18 heavy (non-hydrogen) atoms. The largest absolute Gasteiger partial charge is 0.466 e. The van der Waals surface area contributed by atoms with Gasteiger partial charge in [-0.15, -0.1) is 0 Å². The summed E-state index contributed by atoms with van der Waals surface area (Å²) >= 11 is 0. The molecule has 0 fully saturated rings. The van der Waals surface area contributed by atoms with Crippen LogP contribution in [0.25, 0.3) is 0 Å². The van der Waals surface area contributed by atoms with Crippen LogP contribution in [-0.2, 0) is 19.4 Å². The van der Waals surface area contributed by atoms with Crippen molar-refractivity contribution in [2.75, 3.05) is 25.2 Å². The monoisotopic (exact) mass is 279 g/mol. The van der Waals surface area contributed by atoms with E-state index in [-0.39, 0.29) is 24.2 Å². The minimum absolute atomic E-state index is 0.0482. The number of sulfone groups is 1. The number of carbonyl (C=O) groups excluding carboxylic acids is 1. The van der Waals surface area contributed by atoms with Crippen molar-refractivity contribution in [1.29, 1.82) is 0 Å². The van der Waals surface area contributed by atoms with Gasteiger partial charge in [0, 0.05) is 12.7 Å². The van der Waals surface area contributed by atoms with Gasteiger partial charge in [-0.05, 0) is 31.2 Å². The Labute approximate surface area is 110 Å². The van der Waals surface area contributed by atoms with Crippen molar-refractivity contribution in [3.63, 3.8) is 0 Å². The van der Waals surface area contributed by atoms with Crippen molar-refractivity contribution < 1.29 is 17.9 Å². The summed E-state index contributed by atoms with van der Waals surface area (Å²) in [7, 11) is -2.98. The standard InChI is InChI=1S/C12H25NO4S/c1-10(2)7-11(9-13)8-12(14)17-5-4-6-18(3,15)16/h10-11H,4-9,13H2,1-3H3/t11-/m0/s1. The lowest BCUT2D eigenvalue weighted by Gasteiger charge is -2.16. The molecule has 0 bridgehead atoms. The maximum Gasteiger partial charge on any atom is 0.306 e. The lowest BCUT2D eigenvalue weighted by Crippen LogP contribution is -2.21. The van der Waals surface area contributed by atoms with Crippen LogP contribution in [-0.4, -0.2) is 39.5 Å². The Morgan fingerprint density at radius 1 is 1.33 bits per heavy atom. The Morgan fingerprint density at radius 2 is 1.94 bits per heavy atom. The van der Waals surface area contributed by atoms with Crippen molar-refractivity contribution in [3.05, 3.63) is 0 Å². The molecule has 0 aliphatic rings. The number of rotatable bonds is 9. The van der Waals surface area contributed by atoms with Crippen LogP contribution in [0, 0.1) is 11.8 Å². The van der Waals surface area contributed by atoms with Crippen LogP contribution in [0.5, 0.6) is 0 Å². The highest BCUT2D eigenvalue weighted by atomic mass is 32.2. The van der Waals surface area contributed by atoms with E-state index in [4.69, 9.17) is 10.5 Å². The molecule has 0 spiro atoms. The SMILES string of the molecule is CC(C)C[C@H](CN)CC(=O)OCCCS(C)(=O)=O. The molecule has 0 saturated heterocycles. The van der Waals surface area contributed by atoms with Gasteiger partial charge in [0.05, 0.1) is 12.4 Å². The molecular weight excluding hydrogens is 254 g/mol. The fraction of sp³-hybridized carbons (Fsp3) is 0.917. The van der Waals surface area contributed by atoms with E-state index in [1.54, 1.807) is 0 Å². The molecule has 0 aliphatic carbocycles. The smallest absolute Gasteiger partial charge is 0.306 e. The molecule has 1 atom stereocenters. The normalized spacial score (nSPS) is 13.6. The van der Waals surface area contributed by atoms with E-state index >= 15 is 0 Å². The fourth-order valence-electron chi connectivity index (χ4n) is 1.73. The third kappa shape index (κ3) is 10.5. The summed E-state index contributed by atoms with van der Waals surface area (Å²) in [5.74, 6) is 0.399. The zero-order valence-electron chi connectivity index (χ0n) is 11.5. The summed E-state index contributed by atoms with van der Waals surface area (Å²) in [6.45, 7) is 4.79. The van der Waals surface area contributed by atoms with Gasteiger partial charge in [-0.3, -0.25) is 4.79 Å². The third-order valence-corrected chi connectivity index (χ3v) is 3.55. The number of carbonyl (C=O) groups is 1. The van der Waals surface area contributed by atoms with Crippen LogP contribution in [0.4, 0.5) is 0 Å². The maximum absolute atomic E-state index is 11.5. The van der Waals surface area contributed by atoms with Crippen molar-refractivity contribution in [2.45, 2.75) is 33.1 Å². The van der Waals surface area contributed by atoms with E-state index < -0.39 is 9.84 Å². The summed E-state index contributed by atoms with van der Waals surface area (Å²) in [4.78, 5) is 11.5. The van der Waals surface area contributed by atoms with E-state index in [1.807, 2.05) is 0 Å². The highest BCUT2D eigenvalue weighted by Gasteiger charge is 2.15. The van der Waals surface area contributed by atoms with Crippen LogP contribution in [0.2, 0.25) is 0 Å².